The summed E-state index contributed by atoms with van der Waals surface area (Å²) in [6.45, 7) is 8.23. The molecule has 0 aromatic heterocycles. The Labute approximate surface area is 91.4 Å². The quantitative estimate of drug-likeness (QED) is 0.655. The first-order valence-corrected chi connectivity index (χ1v) is 5.61. The molecule has 0 saturated carbocycles. The third kappa shape index (κ3) is 3.70. The zero-order chi connectivity index (χ0) is 11.5. The van der Waals surface area contributed by atoms with E-state index < -0.39 is 6.09 Å². The van der Waals surface area contributed by atoms with E-state index in [4.69, 9.17) is 5.11 Å². The SMILES string of the molecule is CC(C)(C)C(NC(=O)O)[C@@H]1CCCNC1. The Morgan fingerprint density at radius 1 is 1.53 bits per heavy atom. The topological polar surface area (TPSA) is 61.4 Å². The molecule has 1 aliphatic rings. The van der Waals surface area contributed by atoms with Gasteiger partial charge in [0.1, 0.15) is 0 Å². The summed E-state index contributed by atoms with van der Waals surface area (Å²) < 4.78 is 0. The van der Waals surface area contributed by atoms with Crippen molar-refractivity contribution in [3.63, 3.8) is 0 Å². The Bertz CT molecular complexity index is 217. The van der Waals surface area contributed by atoms with Gasteiger partial charge in [-0.25, -0.2) is 4.79 Å². The molecule has 0 aliphatic carbocycles. The van der Waals surface area contributed by atoms with Crippen LogP contribution in [0.1, 0.15) is 33.6 Å². The van der Waals surface area contributed by atoms with Gasteiger partial charge in [0.25, 0.3) is 0 Å². The first-order chi connectivity index (χ1) is 6.91. The first kappa shape index (κ1) is 12.3. The lowest BCUT2D eigenvalue weighted by atomic mass is 9.76. The van der Waals surface area contributed by atoms with E-state index in [0.29, 0.717) is 5.92 Å². The minimum absolute atomic E-state index is 0.0257. The number of nitrogens with one attached hydrogen (secondary N) is 2. The fraction of sp³-hybridized carbons (Fsp3) is 0.909. The molecular weight excluding hydrogens is 192 g/mol. The number of hydrogen-bond acceptors (Lipinski definition) is 2. The lowest BCUT2D eigenvalue weighted by Crippen LogP contribution is -2.52. The van der Waals surface area contributed by atoms with Gasteiger partial charge in [0.2, 0.25) is 0 Å². The van der Waals surface area contributed by atoms with Gasteiger partial charge in [-0.3, -0.25) is 0 Å². The Hall–Kier alpha value is -0.770. The molecule has 1 saturated heterocycles. The maximum absolute atomic E-state index is 10.8. The van der Waals surface area contributed by atoms with E-state index in [0.717, 1.165) is 25.9 Å². The zero-order valence-corrected chi connectivity index (χ0v) is 9.84. The van der Waals surface area contributed by atoms with Crippen LogP contribution in [0.15, 0.2) is 0 Å². The summed E-state index contributed by atoms with van der Waals surface area (Å²) in [5.41, 5.74) is -0.0257. The van der Waals surface area contributed by atoms with Gasteiger partial charge in [0, 0.05) is 6.04 Å². The normalized spacial score (nSPS) is 24.6. The molecule has 4 heteroatoms. The minimum atomic E-state index is -0.916. The fourth-order valence-corrected chi connectivity index (χ4v) is 2.34. The molecule has 0 spiro atoms. The molecule has 2 atom stereocenters. The maximum atomic E-state index is 10.8. The van der Waals surface area contributed by atoms with E-state index in [1.54, 1.807) is 0 Å². The molecule has 1 unspecified atom stereocenters. The molecule has 88 valence electrons. The van der Waals surface area contributed by atoms with E-state index in [-0.39, 0.29) is 11.5 Å². The molecule has 4 nitrogen and oxygen atoms in total. The Kier molecular flexibility index (Phi) is 3.97. The van der Waals surface area contributed by atoms with Gasteiger partial charge in [-0.05, 0) is 37.3 Å². The van der Waals surface area contributed by atoms with Crippen LogP contribution in [-0.2, 0) is 0 Å². The highest BCUT2D eigenvalue weighted by Gasteiger charge is 2.34. The van der Waals surface area contributed by atoms with Crippen LogP contribution in [0, 0.1) is 11.3 Å². The summed E-state index contributed by atoms with van der Waals surface area (Å²) in [5, 5.41) is 14.8. The van der Waals surface area contributed by atoms with Crippen molar-refractivity contribution in [3.05, 3.63) is 0 Å². The van der Waals surface area contributed by atoms with Gasteiger partial charge in [0.15, 0.2) is 0 Å². The van der Waals surface area contributed by atoms with Crippen LogP contribution in [0.25, 0.3) is 0 Å². The predicted octanol–water partition coefficient (Wildman–Crippen LogP) is 1.67. The van der Waals surface area contributed by atoms with Gasteiger partial charge in [-0.1, -0.05) is 20.8 Å². The second-order valence-corrected chi connectivity index (χ2v) is 5.40. The van der Waals surface area contributed by atoms with Crippen molar-refractivity contribution in [2.45, 2.75) is 39.7 Å². The monoisotopic (exact) mass is 214 g/mol. The van der Waals surface area contributed by atoms with Gasteiger partial charge in [0.05, 0.1) is 0 Å². The van der Waals surface area contributed by atoms with Crippen molar-refractivity contribution in [1.29, 1.82) is 0 Å². The maximum Gasteiger partial charge on any atom is 0.404 e. The lowest BCUT2D eigenvalue weighted by molar-refractivity contribution is 0.141. The lowest BCUT2D eigenvalue weighted by Gasteiger charge is -2.39. The molecule has 15 heavy (non-hydrogen) atoms. The van der Waals surface area contributed by atoms with Crippen LogP contribution in [0.5, 0.6) is 0 Å². The number of rotatable bonds is 2. The Morgan fingerprint density at radius 3 is 2.60 bits per heavy atom. The number of hydrogen-bond donors (Lipinski definition) is 3. The summed E-state index contributed by atoms with van der Waals surface area (Å²) in [4.78, 5) is 10.8. The van der Waals surface area contributed by atoms with E-state index >= 15 is 0 Å². The van der Waals surface area contributed by atoms with Crippen LogP contribution in [0.4, 0.5) is 4.79 Å². The molecule has 1 fully saturated rings. The van der Waals surface area contributed by atoms with Gasteiger partial charge in [-0.15, -0.1) is 0 Å². The summed E-state index contributed by atoms with van der Waals surface area (Å²) in [7, 11) is 0. The first-order valence-electron chi connectivity index (χ1n) is 5.61. The number of amides is 1. The second kappa shape index (κ2) is 4.84. The molecule has 1 aliphatic heterocycles. The summed E-state index contributed by atoms with van der Waals surface area (Å²) >= 11 is 0. The minimum Gasteiger partial charge on any atom is -0.465 e. The Balaban J connectivity index is 2.66. The highest BCUT2D eigenvalue weighted by atomic mass is 16.4. The standard InChI is InChI=1S/C11H22N2O2/c1-11(2,3)9(13-10(14)15)8-5-4-6-12-7-8/h8-9,12-13H,4-7H2,1-3H3,(H,14,15)/t8-,9?/m1/s1. The second-order valence-electron chi connectivity index (χ2n) is 5.40. The summed E-state index contributed by atoms with van der Waals surface area (Å²) in [6, 6.07) is 0.0304. The van der Waals surface area contributed by atoms with E-state index in [9.17, 15) is 4.79 Å². The van der Waals surface area contributed by atoms with Crippen molar-refractivity contribution < 1.29 is 9.90 Å². The van der Waals surface area contributed by atoms with Crippen LogP contribution in [0.2, 0.25) is 0 Å². The van der Waals surface area contributed by atoms with Crippen molar-refractivity contribution in [1.82, 2.24) is 10.6 Å². The van der Waals surface area contributed by atoms with Gasteiger partial charge < -0.3 is 15.7 Å². The number of carbonyl (C=O) groups is 1. The Morgan fingerprint density at radius 2 is 2.20 bits per heavy atom. The highest BCUT2D eigenvalue weighted by molar-refractivity contribution is 5.65. The smallest absolute Gasteiger partial charge is 0.404 e. The predicted molar refractivity (Wildman–Crippen MR) is 60.0 cm³/mol. The average Bonchev–Trinajstić information content (AvgIpc) is 2.14. The highest BCUT2D eigenvalue weighted by Crippen LogP contribution is 2.28. The third-order valence-electron chi connectivity index (χ3n) is 3.02. The molecule has 0 aromatic carbocycles. The van der Waals surface area contributed by atoms with Crippen LogP contribution >= 0.6 is 0 Å². The van der Waals surface area contributed by atoms with Crippen LogP contribution in [0.3, 0.4) is 0 Å². The van der Waals surface area contributed by atoms with E-state index in [2.05, 4.69) is 31.4 Å². The average molecular weight is 214 g/mol. The fourth-order valence-electron chi connectivity index (χ4n) is 2.34. The van der Waals surface area contributed by atoms with Gasteiger partial charge >= 0.3 is 6.09 Å². The third-order valence-corrected chi connectivity index (χ3v) is 3.02. The largest absolute Gasteiger partial charge is 0.465 e. The molecule has 0 radical (unpaired) electrons. The van der Waals surface area contributed by atoms with Crippen molar-refractivity contribution >= 4 is 6.09 Å². The molecule has 1 amide bonds. The van der Waals surface area contributed by atoms with Crippen LogP contribution < -0.4 is 10.6 Å². The molecular formula is C11H22N2O2. The summed E-state index contributed by atoms with van der Waals surface area (Å²) in [6.07, 6.45) is 1.33. The van der Waals surface area contributed by atoms with Crippen LogP contribution in [-0.4, -0.2) is 30.3 Å². The molecule has 1 rings (SSSR count). The van der Waals surface area contributed by atoms with Crippen molar-refractivity contribution in [3.8, 4) is 0 Å². The molecule has 3 N–H and O–H groups in total. The number of carboxylic acid groups (broad SMARTS) is 1. The number of piperidine rings is 1. The van der Waals surface area contributed by atoms with Crippen molar-refractivity contribution in [2.24, 2.45) is 11.3 Å². The molecule has 0 bridgehead atoms. The zero-order valence-electron chi connectivity index (χ0n) is 9.84. The van der Waals surface area contributed by atoms with E-state index in [1.165, 1.54) is 0 Å². The van der Waals surface area contributed by atoms with Gasteiger partial charge in [-0.2, -0.15) is 0 Å². The van der Waals surface area contributed by atoms with Crippen molar-refractivity contribution in [2.75, 3.05) is 13.1 Å². The molecule has 0 aromatic rings. The molecule has 1 heterocycles. The summed E-state index contributed by atoms with van der Waals surface area (Å²) in [5.74, 6) is 0.412. The van der Waals surface area contributed by atoms with E-state index in [1.807, 2.05) is 0 Å².